The molecule has 0 spiro atoms. The second kappa shape index (κ2) is 9.17. The molecule has 27 heavy (non-hydrogen) atoms. The van der Waals surface area contributed by atoms with Gasteiger partial charge in [-0.2, -0.15) is 0 Å². The highest BCUT2D eigenvalue weighted by molar-refractivity contribution is 5.86. The number of likely N-dealkylation sites (N-methyl/N-ethyl adjacent to an activating group) is 1. The van der Waals surface area contributed by atoms with Crippen molar-refractivity contribution in [3.8, 4) is 5.88 Å². The van der Waals surface area contributed by atoms with E-state index in [9.17, 15) is 9.59 Å². The smallest absolute Gasteiger partial charge is 0.223 e. The van der Waals surface area contributed by atoms with Gasteiger partial charge in [-0.05, 0) is 31.2 Å². The van der Waals surface area contributed by atoms with E-state index in [0.29, 0.717) is 31.4 Å². The number of nitrogens with zero attached hydrogens (tertiary/aromatic N) is 2. The first-order valence-corrected chi connectivity index (χ1v) is 9.82. The van der Waals surface area contributed by atoms with Gasteiger partial charge in [-0.15, -0.1) is 0 Å². The number of rotatable bonds is 6. The molecule has 1 saturated carbocycles. The van der Waals surface area contributed by atoms with Crippen LogP contribution in [0, 0.1) is 5.92 Å². The average Bonchev–Trinajstić information content (AvgIpc) is 3.47. The molecule has 2 N–H and O–H groups in total. The van der Waals surface area contributed by atoms with E-state index >= 15 is 0 Å². The van der Waals surface area contributed by atoms with E-state index < -0.39 is 0 Å². The number of hydrogen-bond acceptors (Lipinski definition) is 5. The van der Waals surface area contributed by atoms with Gasteiger partial charge >= 0.3 is 0 Å². The first-order valence-electron chi connectivity index (χ1n) is 9.82. The molecule has 2 aliphatic rings. The fourth-order valence-electron chi connectivity index (χ4n) is 3.44. The molecule has 1 aromatic rings. The minimum absolute atomic E-state index is 0.0470. The van der Waals surface area contributed by atoms with E-state index in [2.05, 4.69) is 15.6 Å². The molecule has 2 amide bonds. The zero-order valence-electron chi connectivity index (χ0n) is 16.2. The summed E-state index contributed by atoms with van der Waals surface area (Å²) in [4.78, 5) is 30.9. The summed E-state index contributed by atoms with van der Waals surface area (Å²) < 4.78 is 5.08. The summed E-state index contributed by atoms with van der Waals surface area (Å²) in [5.74, 6) is 0.493. The maximum Gasteiger partial charge on any atom is 0.223 e. The second-order valence-corrected chi connectivity index (χ2v) is 7.68. The van der Waals surface area contributed by atoms with Crippen molar-refractivity contribution in [1.29, 1.82) is 0 Å². The van der Waals surface area contributed by atoms with Gasteiger partial charge in [0.2, 0.25) is 17.7 Å². The molecule has 148 valence electrons. The summed E-state index contributed by atoms with van der Waals surface area (Å²) in [6, 6.07) is 4.37. The Hall–Kier alpha value is -2.15. The van der Waals surface area contributed by atoms with Gasteiger partial charge in [0.15, 0.2) is 0 Å². The summed E-state index contributed by atoms with van der Waals surface area (Å²) >= 11 is 0. The van der Waals surface area contributed by atoms with Crippen LogP contribution >= 0.6 is 0 Å². The molecule has 0 unspecified atom stereocenters. The Morgan fingerprint density at radius 1 is 1.26 bits per heavy atom. The number of carbonyl (C=O) groups is 2. The summed E-state index contributed by atoms with van der Waals surface area (Å²) in [6.45, 7) is 1.34. The maximum absolute atomic E-state index is 12.5. The standard InChI is InChI=1S/C20H30N4O3/c1-24-13-17(21-11-14-6-9-18(27-2)22-12-14)5-3-4-15(10-19(24)25)20(26)23-16-7-8-16/h6,9,12,15-17,21H,3-5,7-8,10-11,13H2,1-2H3,(H,23,26)/t15-,17-/m1/s1. The molecule has 7 heteroatoms. The summed E-state index contributed by atoms with van der Waals surface area (Å²) in [5, 5.41) is 6.59. The molecule has 1 aliphatic carbocycles. The first kappa shape index (κ1) is 19.6. The lowest BCUT2D eigenvalue weighted by atomic mass is 9.96. The SMILES string of the molecule is COc1ccc(CN[C@@H]2CCC[C@@H](C(=O)NC3CC3)CC(=O)N(C)C2)cn1. The van der Waals surface area contributed by atoms with E-state index in [-0.39, 0.29) is 23.8 Å². The number of nitrogens with one attached hydrogen (secondary N) is 2. The lowest BCUT2D eigenvalue weighted by Crippen LogP contribution is -2.42. The largest absolute Gasteiger partial charge is 0.481 e. The number of carbonyl (C=O) groups excluding carboxylic acids is 2. The van der Waals surface area contributed by atoms with E-state index in [1.807, 2.05) is 19.2 Å². The molecule has 0 radical (unpaired) electrons. The molecule has 7 nitrogen and oxygen atoms in total. The van der Waals surface area contributed by atoms with Gasteiger partial charge in [0.1, 0.15) is 0 Å². The fourth-order valence-corrected chi connectivity index (χ4v) is 3.44. The topological polar surface area (TPSA) is 83.6 Å². The normalized spacial score (nSPS) is 23.9. The molecule has 1 aliphatic heterocycles. The highest BCUT2D eigenvalue weighted by atomic mass is 16.5. The highest BCUT2D eigenvalue weighted by Gasteiger charge is 2.30. The van der Waals surface area contributed by atoms with E-state index in [1.54, 1.807) is 18.2 Å². The zero-order chi connectivity index (χ0) is 19.2. The predicted octanol–water partition coefficient (Wildman–Crippen LogP) is 1.48. The van der Waals surface area contributed by atoms with Crippen LogP contribution < -0.4 is 15.4 Å². The molecule has 3 rings (SSSR count). The van der Waals surface area contributed by atoms with Gasteiger partial charge in [0.25, 0.3) is 0 Å². The van der Waals surface area contributed by atoms with Crippen molar-refractivity contribution >= 4 is 11.8 Å². The van der Waals surface area contributed by atoms with Crippen LogP contribution in [0.5, 0.6) is 5.88 Å². The molecule has 2 fully saturated rings. The molecular weight excluding hydrogens is 344 g/mol. The molecule has 2 heterocycles. The number of hydrogen-bond donors (Lipinski definition) is 2. The van der Waals surface area contributed by atoms with Gasteiger partial charge in [-0.1, -0.05) is 12.5 Å². The monoisotopic (exact) mass is 374 g/mol. The zero-order valence-corrected chi connectivity index (χ0v) is 16.2. The molecule has 0 bridgehead atoms. The Balaban J connectivity index is 1.54. The van der Waals surface area contributed by atoms with Gasteiger partial charge in [-0.25, -0.2) is 4.98 Å². The van der Waals surface area contributed by atoms with Crippen molar-refractivity contribution in [1.82, 2.24) is 20.5 Å². The summed E-state index contributed by atoms with van der Waals surface area (Å²) in [6.07, 6.45) is 6.88. The Morgan fingerprint density at radius 3 is 2.74 bits per heavy atom. The van der Waals surface area contributed by atoms with Gasteiger partial charge in [-0.3, -0.25) is 9.59 Å². The minimum Gasteiger partial charge on any atom is -0.481 e. The Morgan fingerprint density at radius 2 is 2.07 bits per heavy atom. The minimum atomic E-state index is -0.204. The molecule has 1 aromatic heterocycles. The second-order valence-electron chi connectivity index (χ2n) is 7.68. The van der Waals surface area contributed by atoms with Crippen molar-refractivity contribution in [3.63, 3.8) is 0 Å². The van der Waals surface area contributed by atoms with Crippen molar-refractivity contribution in [2.75, 3.05) is 20.7 Å². The number of amides is 2. The van der Waals surface area contributed by atoms with Crippen molar-refractivity contribution in [2.45, 2.75) is 57.2 Å². The van der Waals surface area contributed by atoms with Gasteiger partial charge < -0.3 is 20.3 Å². The Kier molecular flexibility index (Phi) is 6.66. The van der Waals surface area contributed by atoms with Gasteiger partial charge in [0.05, 0.1) is 7.11 Å². The van der Waals surface area contributed by atoms with Crippen LogP contribution in [0.4, 0.5) is 0 Å². The third-order valence-corrected chi connectivity index (χ3v) is 5.34. The highest BCUT2D eigenvalue weighted by Crippen LogP contribution is 2.23. The third kappa shape index (κ3) is 5.92. The Labute approximate surface area is 160 Å². The third-order valence-electron chi connectivity index (χ3n) is 5.34. The van der Waals surface area contributed by atoms with Crippen molar-refractivity contribution in [3.05, 3.63) is 23.9 Å². The number of pyridine rings is 1. The van der Waals surface area contributed by atoms with Crippen molar-refractivity contribution in [2.24, 2.45) is 5.92 Å². The lowest BCUT2D eigenvalue weighted by molar-refractivity contribution is -0.135. The fraction of sp³-hybridized carbons (Fsp3) is 0.650. The average molecular weight is 374 g/mol. The quantitative estimate of drug-likeness (QED) is 0.788. The van der Waals surface area contributed by atoms with Crippen LogP contribution in [0.25, 0.3) is 0 Å². The molecule has 0 aromatic carbocycles. The van der Waals surface area contributed by atoms with Crippen LogP contribution in [-0.2, 0) is 16.1 Å². The lowest BCUT2D eigenvalue weighted by Gasteiger charge is -2.24. The number of methoxy groups -OCH3 is 1. The molecule has 1 saturated heterocycles. The number of aromatic nitrogens is 1. The van der Waals surface area contributed by atoms with Gasteiger partial charge in [0, 0.05) is 56.8 Å². The molecular formula is C20H30N4O3. The summed E-state index contributed by atoms with van der Waals surface area (Å²) in [7, 11) is 3.43. The Bertz CT molecular complexity index is 645. The van der Waals surface area contributed by atoms with E-state index in [4.69, 9.17) is 4.74 Å². The van der Waals surface area contributed by atoms with Crippen LogP contribution in [0.15, 0.2) is 18.3 Å². The summed E-state index contributed by atoms with van der Waals surface area (Å²) in [5.41, 5.74) is 1.08. The van der Waals surface area contributed by atoms with Crippen molar-refractivity contribution < 1.29 is 14.3 Å². The van der Waals surface area contributed by atoms with E-state index in [0.717, 1.165) is 37.7 Å². The van der Waals surface area contributed by atoms with Crippen LogP contribution in [0.2, 0.25) is 0 Å². The van der Waals surface area contributed by atoms with Crippen LogP contribution in [0.1, 0.15) is 44.1 Å². The maximum atomic E-state index is 12.5. The molecule has 2 atom stereocenters. The van der Waals surface area contributed by atoms with Crippen LogP contribution in [-0.4, -0.2) is 54.5 Å². The predicted molar refractivity (Wildman–Crippen MR) is 102 cm³/mol. The number of ether oxygens (including phenoxy) is 1. The van der Waals surface area contributed by atoms with Crippen LogP contribution in [0.3, 0.4) is 0 Å². The van der Waals surface area contributed by atoms with E-state index in [1.165, 1.54) is 0 Å². The first-order chi connectivity index (χ1) is 13.0.